The molecule has 0 aromatic rings. The molecule has 0 spiro atoms. The molecule has 0 saturated heterocycles. The van der Waals surface area contributed by atoms with E-state index in [0.717, 1.165) is 18.2 Å². The van der Waals surface area contributed by atoms with Crippen molar-refractivity contribution in [3.8, 4) is 0 Å². The van der Waals surface area contributed by atoms with Crippen molar-refractivity contribution in [1.82, 2.24) is 0 Å². The summed E-state index contributed by atoms with van der Waals surface area (Å²) in [6.45, 7) is 7.08. The molecule has 0 saturated carbocycles. The summed E-state index contributed by atoms with van der Waals surface area (Å²) in [5.41, 5.74) is 0. The second-order valence-corrected chi connectivity index (χ2v) is 2.07. The molecule has 0 N–H and O–H groups in total. The largest absolute Gasteiger partial charge is 0.317 e. The first-order chi connectivity index (χ1) is 3.41. The number of hydrogen-bond donors (Lipinski definition) is 0. The maximum atomic E-state index is 6.39. The Bertz CT molecular complexity index is 65.0. The van der Waals surface area contributed by atoms with Crippen LogP contribution >= 0.6 is 15.9 Å². The summed E-state index contributed by atoms with van der Waals surface area (Å²) in [4.78, 5) is 3.20. The Hall–Kier alpha value is -0.0300. The van der Waals surface area contributed by atoms with E-state index in [1.54, 1.807) is 0 Å². The average molecular weight is 162 g/mol. The predicted octanol–water partition coefficient (Wildman–Crippen LogP) is 2.08. The second-order valence-electron chi connectivity index (χ2n) is 1.28. The van der Waals surface area contributed by atoms with Gasteiger partial charge in [0.1, 0.15) is 0 Å². The van der Waals surface area contributed by atoms with Crippen molar-refractivity contribution in [3.63, 3.8) is 0 Å². The van der Waals surface area contributed by atoms with Crippen molar-refractivity contribution in [3.05, 3.63) is 11.4 Å². The smallest absolute Gasteiger partial charge is 0.214 e. The van der Waals surface area contributed by atoms with Gasteiger partial charge in [0.05, 0.1) is 0 Å². The third kappa shape index (κ3) is 5.97. The van der Waals surface area contributed by atoms with E-state index in [0.29, 0.717) is 6.54 Å². The third-order valence-electron chi connectivity index (χ3n) is 0.654. The van der Waals surface area contributed by atoms with E-state index in [4.69, 9.17) is 6.57 Å². The zero-order valence-corrected chi connectivity index (χ0v) is 5.74. The molecular weight excluding hydrogens is 154 g/mol. The van der Waals surface area contributed by atoms with Gasteiger partial charge in [0.15, 0.2) is 0 Å². The molecule has 7 heavy (non-hydrogen) atoms. The summed E-state index contributed by atoms with van der Waals surface area (Å²) in [7, 11) is 0. The molecule has 1 nitrogen and oxygen atoms in total. The van der Waals surface area contributed by atoms with Crippen LogP contribution in [0.3, 0.4) is 0 Å². The topological polar surface area (TPSA) is 4.36 Å². The van der Waals surface area contributed by atoms with E-state index < -0.39 is 0 Å². The van der Waals surface area contributed by atoms with Gasteiger partial charge in [-0.25, -0.2) is 6.57 Å². The van der Waals surface area contributed by atoms with Crippen molar-refractivity contribution < 1.29 is 0 Å². The number of rotatable bonds is 3. The highest BCUT2D eigenvalue weighted by molar-refractivity contribution is 9.09. The molecule has 0 rings (SSSR count). The number of hydrogen-bond acceptors (Lipinski definition) is 0. The standard InChI is InChI=1S/C5H8BrN/c1-7-5-3-2-4-6/h2-5H2. The lowest BCUT2D eigenvalue weighted by Crippen LogP contribution is -1.77. The van der Waals surface area contributed by atoms with Crippen LogP contribution in [-0.2, 0) is 0 Å². The van der Waals surface area contributed by atoms with Crippen molar-refractivity contribution in [1.29, 1.82) is 0 Å². The van der Waals surface area contributed by atoms with Gasteiger partial charge in [-0.3, -0.25) is 0 Å². The molecule has 0 amide bonds. The number of halogens is 1. The highest BCUT2D eigenvalue weighted by Gasteiger charge is 1.83. The van der Waals surface area contributed by atoms with Gasteiger partial charge < -0.3 is 4.85 Å². The van der Waals surface area contributed by atoms with Crippen molar-refractivity contribution in [2.24, 2.45) is 0 Å². The van der Waals surface area contributed by atoms with Gasteiger partial charge in [0, 0.05) is 11.8 Å². The van der Waals surface area contributed by atoms with Gasteiger partial charge in [0.2, 0.25) is 6.54 Å². The minimum Gasteiger partial charge on any atom is -0.317 e. The van der Waals surface area contributed by atoms with E-state index >= 15 is 0 Å². The van der Waals surface area contributed by atoms with Crippen LogP contribution in [0.5, 0.6) is 0 Å². The maximum absolute atomic E-state index is 6.39. The van der Waals surface area contributed by atoms with E-state index in [1.165, 1.54) is 0 Å². The molecule has 0 aliphatic heterocycles. The fourth-order valence-corrected chi connectivity index (χ4v) is 0.682. The zero-order chi connectivity index (χ0) is 5.54. The van der Waals surface area contributed by atoms with Gasteiger partial charge in [-0.2, -0.15) is 0 Å². The van der Waals surface area contributed by atoms with Crippen molar-refractivity contribution in [2.45, 2.75) is 12.8 Å². The quantitative estimate of drug-likeness (QED) is 0.340. The molecule has 0 radical (unpaired) electrons. The minimum absolute atomic E-state index is 0.686. The molecule has 2 heteroatoms. The predicted molar refractivity (Wildman–Crippen MR) is 34.5 cm³/mol. The first kappa shape index (κ1) is 6.97. The fraction of sp³-hybridized carbons (Fsp3) is 0.800. The summed E-state index contributed by atoms with van der Waals surface area (Å²) in [5.74, 6) is 0. The van der Waals surface area contributed by atoms with Crippen LogP contribution in [-0.4, -0.2) is 11.9 Å². The molecule has 0 aromatic carbocycles. The molecule has 0 aliphatic rings. The second kappa shape index (κ2) is 5.97. The Balaban J connectivity index is 2.60. The van der Waals surface area contributed by atoms with Crippen LogP contribution in [0.2, 0.25) is 0 Å². The van der Waals surface area contributed by atoms with Gasteiger partial charge >= 0.3 is 0 Å². The van der Waals surface area contributed by atoms with Crippen LogP contribution in [0.25, 0.3) is 4.85 Å². The SMILES string of the molecule is [C-]#[N+]CCCCBr. The zero-order valence-electron chi connectivity index (χ0n) is 4.15. The van der Waals surface area contributed by atoms with Crippen LogP contribution in [0.4, 0.5) is 0 Å². The van der Waals surface area contributed by atoms with Gasteiger partial charge in [-0.15, -0.1) is 0 Å². The number of unbranched alkanes of at least 4 members (excludes halogenated alkanes) is 1. The van der Waals surface area contributed by atoms with Crippen molar-refractivity contribution >= 4 is 15.9 Å². The Kier molecular flexibility index (Phi) is 5.94. The summed E-state index contributed by atoms with van der Waals surface area (Å²) in [6, 6.07) is 0. The summed E-state index contributed by atoms with van der Waals surface area (Å²) in [6.07, 6.45) is 2.16. The molecule has 0 heterocycles. The molecule has 0 atom stereocenters. The fourth-order valence-electron chi connectivity index (χ4n) is 0.285. The average Bonchev–Trinajstić information content (AvgIpc) is 1.69. The Morgan fingerprint density at radius 2 is 2.14 bits per heavy atom. The van der Waals surface area contributed by atoms with Crippen LogP contribution in [0.15, 0.2) is 0 Å². The van der Waals surface area contributed by atoms with Crippen LogP contribution < -0.4 is 0 Å². The lowest BCUT2D eigenvalue weighted by molar-refractivity contribution is 0.873. The molecule has 0 bridgehead atoms. The molecule has 0 unspecified atom stereocenters. The number of nitrogens with zero attached hydrogens (tertiary/aromatic N) is 1. The first-order valence-electron chi connectivity index (χ1n) is 2.31. The van der Waals surface area contributed by atoms with Gasteiger partial charge in [0.25, 0.3) is 0 Å². The summed E-state index contributed by atoms with van der Waals surface area (Å²) >= 11 is 3.28. The first-order valence-corrected chi connectivity index (χ1v) is 3.43. The minimum atomic E-state index is 0.686. The molecule has 0 fully saturated rings. The normalized spacial score (nSPS) is 8.00. The Morgan fingerprint density at radius 3 is 2.57 bits per heavy atom. The third-order valence-corrected chi connectivity index (χ3v) is 1.21. The molecule has 0 aromatic heterocycles. The van der Waals surface area contributed by atoms with Gasteiger partial charge in [-0.1, -0.05) is 15.9 Å². The van der Waals surface area contributed by atoms with E-state index in [9.17, 15) is 0 Å². The van der Waals surface area contributed by atoms with Crippen molar-refractivity contribution in [2.75, 3.05) is 11.9 Å². The van der Waals surface area contributed by atoms with Gasteiger partial charge in [-0.05, 0) is 6.42 Å². The van der Waals surface area contributed by atoms with E-state index in [2.05, 4.69) is 20.8 Å². The summed E-state index contributed by atoms with van der Waals surface area (Å²) < 4.78 is 0. The summed E-state index contributed by atoms with van der Waals surface area (Å²) in [5, 5.41) is 1.03. The van der Waals surface area contributed by atoms with E-state index in [1.807, 2.05) is 0 Å². The monoisotopic (exact) mass is 161 g/mol. The lowest BCUT2D eigenvalue weighted by atomic mass is 10.3. The molecular formula is C5H8BrN. The van der Waals surface area contributed by atoms with Crippen LogP contribution in [0, 0.1) is 6.57 Å². The molecule has 40 valence electrons. The maximum Gasteiger partial charge on any atom is 0.214 e. The Labute approximate surface area is 52.7 Å². The highest BCUT2D eigenvalue weighted by Crippen LogP contribution is 1.92. The molecule has 0 aliphatic carbocycles. The lowest BCUT2D eigenvalue weighted by Gasteiger charge is -1.81. The van der Waals surface area contributed by atoms with Crippen LogP contribution in [0.1, 0.15) is 12.8 Å². The van der Waals surface area contributed by atoms with E-state index in [-0.39, 0.29) is 0 Å². The number of alkyl halides is 1. The Morgan fingerprint density at radius 1 is 1.43 bits per heavy atom. The highest BCUT2D eigenvalue weighted by atomic mass is 79.9.